The van der Waals surface area contributed by atoms with Crippen molar-refractivity contribution < 1.29 is 0 Å². The third-order valence-corrected chi connectivity index (χ3v) is 5.65. The second-order valence-electron chi connectivity index (χ2n) is 7.20. The van der Waals surface area contributed by atoms with Crippen molar-refractivity contribution in [3.05, 3.63) is 47.3 Å². The summed E-state index contributed by atoms with van der Waals surface area (Å²) < 4.78 is 0. The van der Waals surface area contributed by atoms with Gasteiger partial charge >= 0.3 is 0 Å². The highest BCUT2D eigenvalue weighted by atomic mass is 15.0. The van der Waals surface area contributed by atoms with Crippen LogP contribution in [-0.4, -0.2) is 18.6 Å². The molecule has 2 heterocycles. The number of nitrogens with one attached hydrogen (secondary N) is 1. The predicted octanol–water partition coefficient (Wildman–Crippen LogP) is 4.17. The minimum absolute atomic E-state index is 0.544. The van der Waals surface area contributed by atoms with E-state index in [1.54, 1.807) is 5.57 Å². The maximum absolute atomic E-state index is 4.68. The van der Waals surface area contributed by atoms with Crippen molar-refractivity contribution in [3.63, 3.8) is 0 Å². The number of hydrogen-bond acceptors (Lipinski definition) is 3. The summed E-state index contributed by atoms with van der Waals surface area (Å²) in [7, 11) is 0. The van der Waals surface area contributed by atoms with E-state index in [1.165, 1.54) is 37.0 Å². The van der Waals surface area contributed by atoms with Gasteiger partial charge < -0.3 is 5.32 Å². The van der Waals surface area contributed by atoms with Gasteiger partial charge in [-0.2, -0.15) is 0 Å². The van der Waals surface area contributed by atoms with Crippen molar-refractivity contribution in [2.45, 2.75) is 39.0 Å². The first kappa shape index (κ1) is 14.7. The van der Waals surface area contributed by atoms with Crippen molar-refractivity contribution in [3.8, 4) is 0 Å². The molecule has 1 saturated carbocycles. The maximum Gasteiger partial charge on any atom is 0.0926 e. The monoisotopic (exact) mass is 307 g/mol. The van der Waals surface area contributed by atoms with Crippen LogP contribution in [0.2, 0.25) is 0 Å². The minimum Gasteiger partial charge on any atom is -0.346 e. The fourth-order valence-corrected chi connectivity index (χ4v) is 4.43. The quantitative estimate of drug-likeness (QED) is 0.816. The number of aliphatic imine (C=N–C) groups is 2. The summed E-state index contributed by atoms with van der Waals surface area (Å²) in [6.45, 7) is 7.20. The van der Waals surface area contributed by atoms with E-state index in [1.807, 2.05) is 6.34 Å². The maximum atomic E-state index is 4.68. The smallest absolute Gasteiger partial charge is 0.0926 e. The van der Waals surface area contributed by atoms with Gasteiger partial charge in [-0.15, -0.1) is 0 Å². The van der Waals surface area contributed by atoms with Crippen LogP contribution < -0.4 is 5.32 Å². The lowest BCUT2D eigenvalue weighted by Gasteiger charge is -2.39. The molecule has 3 nitrogen and oxygen atoms in total. The van der Waals surface area contributed by atoms with Crippen molar-refractivity contribution in [2.24, 2.45) is 27.7 Å². The fraction of sp³-hybridized carbons (Fsp3) is 0.500. The zero-order valence-electron chi connectivity index (χ0n) is 13.9. The molecule has 1 N–H and O–H groups in total. The molecule has 0 aromatic rings. The van der Waals surface area contributed by atoms with Gasteiger partial charge in [-0.25, -0.2) is 4.99 Å². The number of rotatable bonds is 2. The molecule has 0 aromatic heterocycles. The molecular weight excluding hydrogens is 282 g/mol. The van der Waals surface area contributed by atoms with Gasteiger partial charge in [-0.1, -0.05) is 37.1 Å². The van der Waals surface area contributed by atoms with Gasteiger partial charge in [0.05, 0.1) is 12.0 Å². The lowest BCUT2D eigenvalue weighted by Crippen LogP contribution is -2.31. The molecule has 2 aliphatic carbocycles. The van der Waals surface area contributed by atoms with Gasteiger partial charge in [0, 0.05) is 35.4 Å². The van der Waals surface area contributed by atoms with Gasteiger partial charge in [0.15, 0.2) is 0 Å². The molecule has 3 heteroatoms. The number of hydrogen-bond donors (Lipinski definition) is 1. The standard InChI is InChI=1S/C20H25N3/c1-13-7-8-15(11-21-13)9-16-10-19-14(2)22-12-23-20(19)18-6-4-3-5-17(16)18/h7-8,10,12,15,17-18H,2-6,9,11H2,1H3,(H,22,23). The highest BCUT2D eigenvalue weighted by Crippen LogP contribution is 2.47. The zero-order chi connectivity index (χ0) is 15.8. The Labute approximate surface area is 138 Å². The molecule has 0 spiro atoms. The Morgan fingerprint density at radius 2 is 2.09 bits per heavy atom. The normalized spacial score (nSPS) is 32.7. The highest BCUT2D eigenvalue weighted by Gasteiger charge is 2.36. The van der Waals surface area contributed by atoms with Gasteiger partial charge in [0.1, 0.15) is 0 Å². The van der Waals surface area contributed by atoms with E-state index in [2.05, 4.69) is 47.0 Å². The fourth-order valence-electron chi connectivity index (χ4n) is 4.43. The molecule has 23 heavy (non-hydrogen) atoms. The molecule has 0 saturated heterocycles. The third-order valence-electron chi connectivity index (χ3n) is 5.65. The third kappa shape index (κ3) is 2.73. The van der Waals surface area contributed by atoms with Crippen molar-refractivity contribution in [2.75, 3.05) is 6.54 Å². The molecule has 0 aromatic carbocycles. The first-order chi connectivity index (χ1) is 11.2. The summed E-state index contributed by atoms with van der Waals surface area (Å²) in [6.07, 6.45) is 15.1. The second kappa shape index (κ2) is 5.95. The van der Waals surface area contributed by atoms with E-state index in [4.69, 9.17) is 0 Å². The van der Waals surface area contributed by atoms with Gasteiger partial charge in [-0.05, 0) is 38.2 Å². The Hall–Kier alpha value is -1.90. The van der Waals surface area contributed by atoms with Crippen molar-refractivity contribution in [1.82, 2.24) is 5.32 Å². The number of nitrogens with zero attached hydrogens (tertiary/aromatic N) is 2. The Bertz CT molecular complexity index is 675. The van der Waals surface area contributed by atoms with Crippen molar-refractivity contribution >= 4 is 12.1 Å². The SMILES string of the molecule is C=C1NC=NC2=C1C=C(CC1C=CC(C)=NC1)C1CCCCC21. The number of dihydropyridines is 1. The zero-order valence-corrected chi connectivity index (χ0v) is 13.9. The molecule has 0 amide bonds. The van der Waals surface area contributed by atoms with E-state index in [0.717, 1.165) is 24.4 Å². The Kier molecular flexibility index (Phi) is 3.80. The van der Waals surface area contributed by atoms with Crippen LogP contribution in [0.15, 0.2) is 57.3 Å². The van der Waals surface area contributed by atoms with Gasteiger partial charge in [0.25, 0.3) is 0 Å². The van der Waals surface area contributed by atoms with Crippen LogP contribution in [0.4, 0.5) is 0 Å². The Morgan fingerprint density at radius 1 is 1.26 bits per heavy atom. The topological polar surface area (TPSA) is 36.8 Å². The molecule has 3 unspecified atom stereocenters. The summed E-state index contributed by atoms with van der Waals surface area (Å²) in [6, 6.07) is 0. The molecule has 4 aliphatic rings. The first-order valence-corrected chi connectivity index (χ1v) is 8.84. The molecule has 120 valence electrons. The van der Waals surface area contributed by atoms with Gasteiger partial charge in [0.2, 0.25) is 0 Å². The average Bonchev–Trinajstić information content (AvgIpc) is 2.58. The minimum atomic E-state index is 0.544. The summed E-state index contributed by atoms with van der Waals surface area (Å²) >= 11 is 0. The largest absolute Gasteiger partial charge is 0.346 e. The second-order valence-corrected chi connectivity index (χ2v) is 7.20. The van der Waals surface area contributed by atoms with E-state index < -0.39 is 0 Å². The molecule has 3 atom stereocenters. The number of allylic oxidation sites excluding steroid dienone is 4. The molecular formula is C20H25N3. The first-order valence-electron chi connectivity index (χ1n) is 8.84. The van der Waals surface area contributed by atoms with Crippen LogP contribution in [0, 0.1) is 17.8 Å². The van der Waals surface area contributed by atoms with Crippen LogP contribution in [0.5, 0.6) is 0 Å². The van der Waals surface area contributed by atoms with E-state index in [9.17, 15) is 0 Å². The molecule has 0 radical (unpaired) electrons. The lowest BCUT2D eigenvalue weighted by molar-refractivity contribution is 0.292. The van der Waals surface area contributed by atoms with Gasteiger partial charge in [-0.3, -0.25) is 4.99 Å². The summed E-state index contributed by atoms with van der Waals surface area (Å²) in [5, 5.41) is 3.18. The Balaban J connectivity index is 1.64. The van der Waals surface area contributed by atoms with E-state index >= 15 is 0 Å². The van der Waals surface area contributed by atoms with Crippen LogP contribution in [-0.2, 0) is 0 Å². The number of fused-ring (bicyclic) bond motifs is 2. The lowest BCUT2D eigenvalue weighted by atomic mass is 9.67. The molecule has 4 rings (SSSR count). The van der Waals surface area contributed by atoms with Crippen LogP contribution in [0.3, 0.4) is 0 Å². The predicted molar refractivity (Wildman–Crippen MR) is 96.5 cm³/mol. The average molecular weight is 307 g/mol. The Morgan fingerprint density at radius 3 is 2.87 bits per heavy atom. The summed E-state index contributed by atoms with van der Waals surface area (Å²) in [5.74, 6) is 1.81. The summed E-state index contributed by atoms with van der Waals surface area (Å²) in [4.78, 5) is 9.29. The molecule has 1 fully saturated rings. The van der Waals surface area contributed by atoms with E-state index in [-0.39, 0.29) is 0 Å². The van der Waals surface area contributed by atoms with Crippen LogP contribution in [0.25, 0.3) is 0 Å². The van der Waals surface area contributed by atoms with Crippen molar-refractivity contribution in [1.29, 1.82) is 0 Å². The highest BCUT2D eigenvalue weighted by molar-refractivity contribution is 5.93. The molecule has 0 bridgehead atoms. The van der Waals surface area contributed by atoms with Crippen LogP contribution >= 0.6 is 0 Å². The van der Waals surface area contributed by atoms with E-state index in [0.29, 0.717) is 17.8 Å². The molecule has 2 aliphatic heterocycles. The summed E-state index contributed by atoms with van der Waals surface area (Å²) in [5.41, 5.74) is 6.27. The van der Waals surface area contributed by atoms with Crippen LogP contribution in [0.1, 0.15) is 39.0 Å².